The molecule has 286 valence electrons. The van der Waals surface area contributed by atoms with Crippen LogP contribution in [0.1, 0.15) is 52.3 Å². The van der Waals surface area contributed by atoms with Crippen LogP contribution in [-0.2, 0) is 42.3 Å². The monoisotopic (exact) mass is 743 g/mol. The zero-order valence-corrected chi connectivity index (χ0v) is 31.5. The second-order valence-electron chi connectivity index (χ2n) is 14.3. The largest absolute Gasteiger partial charge is 0.508 e. The third kappa shape index (κ3) is 8.33. The molecule has 0 radical (unpaired) electrons. The summed E-state index contributed by atoms with van der Waals surface area (Å²) in [4.78, 5) is 17.8. The van der Waals surface area contributed by atoms with Crippen molar-refractivity contribution in [2.24, 2.45) is 5.92 Å². The van der Waals surface area contributed by atoms with Crippen LogP contribution in [-0.4, -0.2) is 63.2 Å². The summed E-state index contributed by atoms with van der Waals surface area (Å²) in [5.41, 5.74) is 4.40. The highest BCUT2D eigenvalue weighted by atomic mass is 16.5. The number of aliphatic hydroxyl groups excluding tert-OH is 2. The van der Waals surface area contributed by atoms with Crippen LogP contribution in [0.5, 0.6) is 28.7 Å². The summed E-state index contributed by atoms with van der Waals surface area (Å²) >= 11 is 0. The number of ketones is 1. The number of methoxy groups -OCH3 is 2. The van der Waals surface area contributed by atoms with E-state index in [1.165, 1.54) is 38.0 Å². The Labute approximate surface area is 321 Å². The van der Waals surface area contributed by atoms with Crippen molar-refractivity contribution in [3.8, 4) is 28.7 Å². The molecule has 9 nitrogen and oxygen atoms in total. The number of aliphatic hydroxyl groups is 2. The van der Waals surface area contributed by atoms with Gasteiger partial charge in [0.05, 0.1) is 32.3 Å². The van der Waals surface area contributed by atoms with E-state index in [1.54, 1.807) is 30.3 Å². The lowest BCUT2D eigenvalue weighted by Gasteiger charge is -2.34. The van der Waals surface area contributed by atoms with Crippen molar-refractivity contribution in [1.29, 1.82) is 0 Å². The van der Waals surface area contributed by atoms with Gasteiger partial charge >= 0.3 is 0 Å². The molecule has 0 spiro atoms. The van der Waals surface area contributed by atoms with Crippen molar-refractivity contribution in [3.63, 3.8) is 0 Å². The topological polar surface area (TPSA) is 152 Å². The van der Waals surface area contributed by atoms with Crippen LogP contribution in [0.3, 0.4) is 0 Å². The smallest absolute Gasteiger partial charge is 0.164 e. The molecule has 0 amide bonds. The van der Waals surface area contributed by atoms with Crippen molar-refractivity contribution in [2.45, 2.75) is 57.0 Å². The Morgan fingerprint density at radius 2 is 1.58 bits per heavy atom. The maximum Gasteiger partial charge on any atom is 0.164 e. The number of carbonyl (C=O) groups excluding carboxylic acids is 1. The lowest BCUT2D eigenvalue weighted by atomic mass is 9.70. The fourth-order valence-corrected chi connectivity index (χ4v) is 7.91. The van der Waals surface area contributed by atoms with Gasteiger partial charge in [-0.1, -0.05) is 67.6 Å². The minimum Gasteiger partial charge on any atom is -0.508 e. The zero-order valence-electron chi connectivity index (χ0n) is 31.5. The first kappa shape index (κ1) is 38.9. The molecule has 9 heteroatoms. The van der Waals surface area contributed by atoms with E-state index < -0.39 is 29.8 Å². The Balaban J connectivity index is 1.39. The molecule has 6 N–H and O–H groups in total. The average Bonchev–Trinajstić information content (AvgIpc) is 3.71. The highest BCUT2D eigenvalue weighted by Crippen LogP contribution is 2.40. The number of aromatic nitrogens is 1. The predicted molar refractivity (Wildman–Crippen MR) is 213 cm³/mol. The van der Waals surface area contributed by atoms with E-state index in [1.807, 2.05) is 36.7 Å². The van der Waals surface area contributed by atoms with Crippen LogP contribution in [0, 0.1) is 5.92 Å². The van der Waals surface area contributed by atoms with Gasteiger partial charge < -0.3 is 40.0 Å². The lowest BCUT2D eigenvalue weighted by Crippen LogP contribution is -2.44. The number of hydrogen-bond donors (Lipinski definition) is 6. The van der Waals surface area contributed by atoms with Crippen LogP contribution >= 0.6 is 0 Å². The molecule has 0 aliphatic rings. The number of hydrogen-bond acceptors (Lipinski definition) is 8. The van der Waals surface area contributed by atoms with Gasteiger partial charge in [-0.2, -0.15) is 0 Å². The van der Waals surface area contributed by atoms with Crippen molar-refractivity contribution in [3.05, 3.63) is 148 Å². The molecular weight excluding hydrogens is 695 g/mol. The standard InChI is InChI=1S/C46H49NO8/c1-4-31-13-14-32-8-5-6-11-37(32)38(31)24-39-33(15-17-41(51)45(39)55-3)22-34(20-30-18-19-47-27-30)42(52)25-44(53)46(28-48,35-9-7-10-36(49)23-35)26-29-12-16-40(50)43(21-29)54-2/h5-19,21,23,27,34,42,47-52H,4,20,22,24-26,28H2,1-3H3. The summed E-state index contributed by atoms with van der Waals surface area (Å²) in [6.45, 7) is 1.52. The van der Waals surface area contributed by atoms with Crippen LogP contribution in [0.25, 0.3) is 10.8 Å². The molecule has 5 aromatic carbocycles. The van der Waals surface area contributed by atoms with E-state index in [0.29, 0.717) is 36.1 Å². The first-order valence-electron chi connectivity index (χ1n) is 18.6. The molecule has 55 heavy (non-hydrogen) atoms. The Bertz CT molecular complexity index is 2250. The number of phenolic OH excluding ortho intramolecular Hbond substituents is 3. The SMILES string of the molecule is CCc1ccc2ccccc2c1Cc1c(CC(Cc2cc[nH]c2)C(O)CC(=O)C(CO)(Cc2ccc(O)c(OC)c2)c2cccc(O)c2)ccc(O)c1OC. The zero-order chi connectivity index (χ0) is 39.1. The number of aromatic hydroxyl groups is 3. The number of aromatic amines is 1. The van der Waals surface area contributed by atoms with E-state index >= 15 is 0 Å². The minimum atomic E-state index is -1.54. The van der Waals surface area contributed by atoms with Crippen LogP contribution in [0.15, 0.2) is 109 Å². The molecule has 0 aliphatic heterocycles. The van der Waals surface area contributed by atoms with E-state index in [0.717, 1.165) is 39.4 Å². The highest BCUT2D eigenvalue weighted by Gasteiger charge is 2.42. The third-order valence-electron chi connectivity index (χ3n) is 10.9. The van der Waals surface area contributed by atoms with Gasteiger partial charge in [-0.3, -0.25) is 4.79 Å². The second kappa shape index (κ2) is 17.1. The molecule has 6 aromatic rings. The number of Topliss-reactive ketones (excluding diaryl/α,β-unsaturated/α-hetero) is 1. The van der Waals surface area contributed by atoms with Crippen LogP contribution in [0.4, 0.5) is 0 Å². The fraction of sp³-hybridized carbons (Fsp3) is 0.283. The van der Waals surface area contributed by atoms with Crippen molar-refractivity contribution in [1.82, 2.24) is 4.98 Å². The fourth-order valence-electron chi connectivity index (χ4n) is 7.91. The van der Waals surface area contributed by atoms with Crippen molar-refractivity contribution >= 4 is 16.6 Å². The number of nitrogens with one attached hydrogen (secondary N) is 1. The molecule has 1 aromatic heterocycles. The number of ether oxygens (including phenoxy) is 2. The van der Waals surface area contributed by atoms with Gasteiger partial charge in [-0.05, 0) is 112 Å². The summed E-state index contributed by atoms with van der Waals surface area (Å²) in [7, 11) is 2.97. The van der Waals surface area contributed by atoms with E-state index in [9.17, 15) is 30.3 Å². The molecule has 0 saturated heterocycles. The number of rotatable bonds is 17. The molecule has 0 fully saturated rings. The van der Waals surface area contributed by atoms with Gasteiger partial charge in [0.1, 0.15) is 11.5 Å². The average molecular weight is 744 g/mol. The summed E-state index contributed by atoms with van der Waals surface area (Å²) < 4.78 is 11.2. The maximum absolute atomic E-state index is 14.7. The van der Waals surface area contributed by atoms with E-state index in [-0.39, 0.29) is 35.8 Å². The highest BCUT2D eigenvalue weighted by molar-refractivity contribution is 5.91. The van der Waals surface area contributed by atoms with Gasteiger partial charge in [-0.15, -0.1) is 0 Å². The number of benzene rings is 5. The lowest BCUT2D eigenvalue weighted by molar-refractivity contribution is -0.129. The predicted octanol–water partition coefficient (Wildman–Crippen LogP) is 7.35. The van der Waals surface area contributed by atoms with Crippen LogP contribution in [0.2, 0.25) is 0 Å². The quantitative estimate of drug-likeness (QED) is 0.0568. The molecule has 1 heterocycles. The van der Waals surface area contributed by atoms with Gasteiger partial charge in [0.25, 0.3) is 0 Å². The van der Waals surface area contributed by atoms with Crippen LogP contribution < -0.4 is 9.47 Å². The first-order valence-corrected chi connectivity index (χ1v) is 18.6. The molecule has 0 bridgehead atoms. The molecule has 6 rings (SSSR count). The normalized spacial score (nSPS) is 13.6. The van der Waals surface area contributed by atoms with Gasteiger partial charge in [0, 0.05) is 30.8 Å². The summed E-state index contributed by atoms with van der Waals surface area (Å²) in [5.74, 6) is -0.416. The summed E-state index contributed by atoms with van der Waals surface area (Å²) in [6, 6.07) is 28.9. The molecule has 3 unspecified atom stereocenters. The van der Waals surface area contributed by atoms with Crippen molar-refractivity contribution in [2.75, 3.05) is 20.8 Å². The molecule has 0 saturated carbocycles. The Morgan fingerprint density at radius 3 is 2.29 bits per heavy atom. The number of phenols is 3. The molecule has 0 aliphatic carbocycles. The second-order valence-corrected chi connectivity index (χ2v) is 14.3. The minimum absolute atomic E-state index is 0.0156. The molecule has 3 atom stereocenters. The Hall–Kier alpha value is -5.77. The first-order chi connectivity index (χ1) is 26.6. The summed E-state index contributed by atoms with van der Waals surface area (Å²) in [6.07, 6.45) is 4.32. The molecular formula is C46H49NO8. The van der Waals surface area contributed by atoms with E-state index in [2.05, 4.69) is 36.2 Å². The van der Waals surface area contributed by atoms with Crippen molar-refractivity contribution < 1.29 is 39.8 Å². The Kier molecular flexibility index (Phi) is 12.1. The number of carbonyl (C=O) groups is 1. The van der Waals surface area contributed by atoms with Gasteiger partial charge in [0.2, 0.25) is 0 Å². The maximum atomic E-state index is 14.7. The third-order valence-corrected chi connectivity index (χ3v) is 10.9. The number of H-pyrrole nitrogens is 1. The number of aryl methyl sites for hydroxylation is 1. The Morgan fingerprint density at radius 1 is 0.800 bits per heavy atom. The van der Waals surface area contributed by atoms with E-state index in [4.69, 9.17) is 9.47 Å². The number of fused-ring (bicyclic) bond motifs is 1. The van der Waals surface area contributed by atoms with Gasteiger partial charge in [0.15, 0.2) is 23.0 Å². The van der Waals surface area contributed by atoms with Gasteiger partial charge in [-0.25, -0.2) is 0 Å². The summed E-state index contributed by atoms with van der Waals surface area (Å²) in [5, 5.41) is 57.3.